The van der Waals surface area contributed by atoms with Crippen LogP contribution in [0.1, 0.15) is 38.2 Å². The van der Waals surface area contributed by atoms with Crippen LogP contribution in [-0.2, 0) is 11.3 Å². The highest BCUT2D eigenvalue weighted by molar-refractivity contribution is 6.32. The van der Waals surface area contributed by atoms with Crippen LogP contribution in [0.3, 0.4) is 0 Å². The van der Waals surface area contributed by atoms with Gasteiger partial charge in [-0.15, -0.1) is 0 Å². The Bertz CT molecular complexity index is 596. The molecule has 1 N–H and O–H groups in total. The van der Waals surface area contributed by atoms with Crippen LogP contribution in [0, 0.1) is 0 Å². The number of halogens is 1. The monoisotopic (exact) mass is 366 g/mol. The molecule has 0 aromatic heterocycles. The summed E-state index contributed by atoms with van der Waals surface area (Å²) in [6.45, 7) is 6.83. The number of ether oxygens (including phenoxy) is 1. The maximum Gasteiger partial charge on any atom is 0.344 e. The molecule has 1 aromatic rings. The number of nitrogens with zero attached hydrogens (tertiary/aromatic N) is 2. The molecule has 3 rings (SSSR count). The van der Waals surface area contributed by atoms with Gasteiger partial charge in [0.15, 0.2) is 6.10 Å². The van der Waals surface area contributed by atoms with Crippen LogP contribution in [0.25, 0.3) is 0 Å². The Labute approximate surface area is 154 Å². The number of hydrogen-bond donors (Lipinski definition) is 1. The molecule has 138 valence electrons. The molecular weight excluding hydrogens is 340 g/mol. The Morgan fingerprint density at radius 3 is 2.56 bits per heavy atom. The summed E-state index contributed by atoms with van der Waals surface area (Å²) < 4.78 is 5.37. The van der Waals surface area contributed by atoms with Crippen LogP contribution in [0.5, 0.6) is 5.75 Å². The zero-order valence-corrected chi connectivity index (χ0v) is 15.5. The van der Waals surface area contributed by atoms with E-state index in [0.717, 1.165) is 44.3 Å². The molecule has 1 aromatic carbocycles. The van der Waals surface area contributed by atoms with E-state index in [0.29, 0.717) is 10.8 Å². The minimum Gasteiger partial charge on any atom is -0.479 e. The summed E-state index contributed by atoms with van der Waals surface area (Å²) in [5.41, 5.74) is 1.13. The molecule has 0 amide bonds. The van der Waals surface area contributed by atoms with E-state index in [4.69, 9.17) is 21.4 Å². The van der Waals surface area contributed by atoms with Crippen LogP contribution >= 0.6 is 11.6 Å². The van der Waals surface area contributed by atoms with Crippen LogP contribution < -0.4 is 4.74 Å². The lowest BCUT2D eigenvalue weighted by Crippen LogP contribution is -2.49. The van der Waals surface area contributed by atoms with Crippen molar-refractivity contribution in [1.82, 2.24) is 9.80 Å². The predicted octanol–water partition coefficient (Wildman–Crippen LogP) is 3.25. The van der Waals surface area contributed by atoms with Crippen molar-refractivity contribution < 1.29 is 14.6 Å². The zero-order valence-electron chi connectivity index (χ0n) is 14.8. The summed E-state index contributed by atoms with van der Waals surface area (Å²) in [7, 11) is 0. The molecule has 2 fully saturated rings. The van der Waals surface area contributed by atoms with Crippen molar-refractivity contribution in [3.8, 4) is 5.75 Å². The van der Waals surface area contributed by atoms with E-state index in [1.54, 1.807) is 6.07 Å². The Morgan fingerprint density at radius 1 is 1.28 bits per heavy atom. The van der Waals surface area contributed by atoms with Crippen molar-refractivity contribution in [2.45, 2.75) is 51.3 Å². The van der Waals surface area contributed by atoms with Crippen molar-refractivity contribution in [1.29, 1.82) is 0 Å². The van der Waals surface area contributed by atoms with Gasteiger partial charge in [-0.25, -0.2) is 4.79 Å². The van der Waals surface area contributed by atoms with Gasteiger partial charge in [0, 0.05) is 38.8 Å². The molecule has 1 heterocycles. The number of carbonyl (C=O) groups is 1. The number of aliphatic carboxylic acids is 1. The van der Waals surface area contributed by atoms with Crippen molar-refractivity contribution >= 4 is 17.6 Å². The second kappa shape index (κ2) is 8.39. The first-order valence-corrected chi connectivity index (χ1v) is 9.55. The normalized spacial score (nSPS) is 21.4. The lowest BCUT2D eigenvalue weighted by Gasteiger charge is -2.38. The molecule has 1 atom stereocenters. The fraction of sp³-hybridized carbons (Fsp3) is 0.632. The standard InChI is InChI=1S/C19H27ClN2O3/c1-14(19(23)24)25-18-7-6-15(12-17(18)20)13-21-8-10-22(11-9-21)16-4-2-3-5-16/h6-7,12,14,16H,2-5,8-11,13H2,1H3,(H,23,24)/t14-/m0/s1. The molecule has 1 saturated carbocycles. The molecule has 0 unspecified atom stereocenters. The number of carboxylic acids is 1. The van der Waals surface area contributed by atoms with Gasteiger partial charge in [-0.1, -0.05) is 30.5 Å². The maximum atomic E-state index is 10.9. The van der Waals surface area contributed by atoms with Crippen LogP contribution in [0.15, 0.2) is 18.2 Å². The third-order valence-corrected chi connectivity index (χ3v) is 5.60. The first kappa shape index (κ1) is 18.5. The summed E-state index contributed by atoms with van der Waals surface area (Å²) in [5.74, 6) is -0.577. The SMILES string of the molecule is C[C@H](Oc1ccc(CN2CCN(C3CCCC3)CC2)cc1Cl)C(=O)O. The van der Waals surface area contributed by atoms with E-state index >= 15 is 0 Å². The van der Waals surface area contributed by atoms with Gasteiger partial charge in [-0.2, -0.15) is 0 Å². The average molecular weight is 367 g/mol. The molecule has 1 saturated heterocycles. The molecule has 2 aliphatic rings. The highest BCUT2D eigenvalue weighted by atomic mass is 35.5. The fourth-order valence-electron chi connectivity index (χ4n) is 3.79. The zero-order chi connectivity index (χ0) is 17.8. The smallest absolute Gasteiger partial charge is 0.344 e. The summed E-state index contributed by atoms with van der Waals surface area (Å²) >= 11 is 6.26. The third-order valence-electron chi connectivity index (χ3n) is 5.30. The maximum absolute atomic E-state index is 10.9. The van der Waals surface area contributed by atoms with Crippen LogP contribution in [0.4, 0.5) is 0 Å². The molecule has 25 heavy (non-hydrogen) atoms. The van der Waals surface area contributed by atoms with Crippen molar-refractivity contribution in [3.63, 3.8) is 0 Å². The Balaban J connectivity index is 1.51. The topological polar surface area (TPSA) is 53.0 Å². The lowest BCUT2D eigenvalue weighted by atomic mass is 10.1. The van der Waals surface area contributed by atoms with Gasteiger partial charge in [-0.3, -0.25) is 9.80 Å². The molecule has 0 radical (unpaired) electrons. The van der Waals surface area contributed by atoms with E-state index in [2.05, 4.69) is 9.80 Å². The summed E-state index contributed by atoms with van der Waals surface area (Å²) in [5, 5.41) is 9.39. The quantitative estimate of drug-likeness (QED) is 0.837. The van der Waals surface area contributed by atoms with Crippen molar-refractivity contribution in [2.75, 3.05) is 26.2 Å². The molecular formula is C19H27ClN2O3. The van der Waals surface area contributed by atoms with Crippen molar-refractivity contribution in [2.24, 2.45) is 0 Å². The Morgan fingerprint density at radius 2 is 1.96 bits per heavy atom. The van der Waals surface area contributed by atoms with Gasteiger partial charge in [0.1, 0.15) is 5.75 Å². The summed E-state index contributed by atoms with van der Waals surface area (Å²) in [6.07, 6.45) is 4.60. The number of rotatable bonds is 6. The van der Waals surface area contributed by atoms with Crippen molar-refractivity contribution in [3.05, 3.63) is 28.8 Å². The van der Waals surface area contributed by atoms with Gasteiger partial charge in [-0.05, 0) is 37.5 Å². The second-order valence-electron chi connectivity index (χ2n) is 7.11. The first-order chi connectivity index (χ1) is 12.0. The van der Waals surface area contributed by atoms with Gasteiger partial charge >= 0.3 is 5.97 Å². The van der Waals surface area contributed by atoms with Gasteiger partial charge in [0.05, 0.1) is 5.02 Å². The third kappa shape index (κ3) is 4.87. The van der Waals surface area contributed by atoms with E-state index in [1.807, 2.05) is 12.1 Å². The predicted molar refractivity (Wildman–Crippen MR) is 98.3 cm³/mol. The minimum atomic E-state index is -1.000. The number of benzene rings is 1. The lowest BCUT2D eigenvalue weighted by molar-refractivity contribution is -0.144. The van der Waals surface area contributed by atoms with E-state index < -0.39 is 12.1 Å². The highest BCUT2D eigenvalue weighted by Crippen LogP contribution is 2.28. The van der Waals surface area contributed by atoms with E-state index in [9.17, 15) is 4.79 Å². The van der Waals surface area contributed by atoms with E-state index in [-0.39, 0.29) is 0 Å². The number of carboxylic acid groups (broad SMARTS) is 1. The Hall–Kier alpha value is -1.30. The molecule has 0 bridgehead atoms. The minimum absolute atomic E-state index is 0.423. The summed E-state index contributed by atoms with van der Waals surface area (Å²) in [6, 6.07) is 6.43. The van der Waals surface area contributed by atoms with Gasteiger partial charge < -0.3 is 9.84 Å². The fourth-order valence-corrected chi connectivity index (χ4v) is 4.04. The molecule has 1 aliphatic heterocycles. The molecule has 0 spiro atoms. The molecule has 6 heteroatoms. The Kier molecular flexibility index (Phi) is 6.20. The summed E-state index contributed by atoms with van der Waals surface area (Å²) in [4.78, 5) is 16.0. The number of hydrogen-bond acceptors (Lipinski definition) is 4. The molecule has 5 nitrogen and oxygen atoms in total. The first-order valence-electron chi connectivity index (χ1n) is 9.17. The number of piperazine rings is 1. The average Bonchev–Trinajstić information content (AvgIpc) is 3.12. The molecule has 1 aliphatic carbocycles. The largest absolute Gasteiger partial charge is 0.479 e. The second-order valence-corrected chi connectivity index (χ2v) is 7.52. The van der Waals surface area contributed by atoms with Gasteiger partial charge in [0.25, 0.3) is 0 Å². The van der Waals surface area contributed by atoms with E-state index in [1.165, 1.54) is 32.6 Å². The van der Waals surface area contributed by atoms with Crippen LogP contribution in [0.2, 0.25) is 5.02 Å². The van der Waals surface area contributed by atoms with Crippen LogP contribution in [-0.4, -0.2) is 59.2 Å². The highest BCUT2D eigenvalue weighted by Gasteiger charge is 2.26. The van der Waals surface area contributed by atoms with Gasteiger partial charge in [0.2, 0.25) is 0 Å².